The van der Waals surface area contributed by atoms with Gasteiger partial charge in [0.2, 0.25) is 0 Å². The number of rotatable bonds is 5. The number of likely N-dealkylation sites (tertiary alicyclic amines) is 1. The van der Waals surface area contributed by atoms with Crippen molar-refractivity contribution in [1.82, 2.24) is 4.90 Å². The molecule has 5 rings (SSSR count). The van der Waals surface area contributed by atoms with Gasteiger partial charge in [0.1, 0.15) is 0 Å². The van der Waals surface area contributed by atoms with Crippen LogP contribution in [0.25, 0.3) is 0 Å². The molecule has 1 aromatic carbocycles. The van der Waals surface area contributed by atoms with Crippen LogP contribution in [0.1, 0.15) is 96.6 Å². The maximum atomic E-state index is 14.1. The summed E-state index contributed by atoms with van der Waals surface area (Å²) >= 11 is 0. The number of benzene rings is 1. The van der Waals surface area contributed by atoms with Gasteiger partial charge in [-0.2, -0.15) is 0 Å². The number of hydrogen-bond donors (Lipinski definition) is 1. The fourth-order valence-corrected chi connectivity index (χ4v) is 8.43. The zero-order valence-electron chi connectivity index (χ0n) is 22.3. The second-order valence-electron chi connectivity index (χ2n) is 12.4. The normalized spacial score (nSPS) is 34.1. The van der Waals surface area contributed by atoms with Crippen molar-refractivity contribution in [1.29, 1.82) is 0 Å². The molecule has 1 N–H and O–H groups in total. The molecule has 5 atom stereocenters. The van der Waals surface area contributed by atoms with Crippen LogP contribution >= 0.6 is 0 Å². The van der Waals surface area contributed by atoms with E-state index in [1.54, 1.807) is 0 Å². The van der Waals surface area contributed by atoms with Gasteiger partial charge in [0.25, 0.3) is 0 Å². The first kappa shape index (κ1) is 24.6. The van der Waals surface area contributed by atoms with Crippen LogP contribution in [0.5, 0.6) is 0 Å². The van der Waals surface area contributed by atoms with Gasteiger partial charge in [-0.3, -0.25) is 9.69 Å². The Labute approximate surface area is 211 Å². The number of ketones is 1. The highest BCUT2D eigenvalue weighted by Gasteiger charge is 2.58. The minimum Gasteiger partial charge on any atom is -0.307 e. The SMILES string of the molecule is CCCc1cccc(CCC)c1NC(=O)N1C[C@H]2[C@@H]3CCC[C@@]3(C)CC[C@@H]2[C@@]2(C)CCC(=O)C=C12. The Bertz CT molecular complexity index is 1000. The van der Waals surface area contributed by atoms with Crippen LogP contribution in [0.3, 0.4) is 0 Å². The minimum atomic E-state index is -0.0900. The zero-order chi connectivity index (χ0) is 24.8. The predicted molar refractivity (Wildman–Crippen MR) is 142 cm³/mol. The van der Waals surface area contributed by atoms with E-state index in [1.807, 2.05) is 11.0 Å². The van der Waals surface area contributed by atoms with Gasteiger partial charge < -0.3 is 5.32 Å². The van der Waals surface area contributed by atoms with E-state index >= 15 is 0 Å². The van der Waals surface area contributed by atoms with Crippen LogP contribution in [0.2, 0.25) is 0 Å². The molecule has 4 aliphatic rings. The molecule has 0 unspecified atom stereocenters. The number of carbonyl (C=O) groups is 2. The molecule has 0 radical (unpaired) electrons. The second kappa shape index (κ2) is 9.41. The Kier molecular flexibility index (Phi) is 6.61. The van der Waals surface area contributed by atoms with Gasteiger partial charge in [0.15, 0.2) is 5.78 Å². The summed E-state index contributed by atoms with van der Waals surface area (Å²) in [7, 11) is 0. The van der Waals surface area contributed by atoms with E-state index in [-0.39, 0.29) is 17.2 Å². The average Bonchev–Trinajstić information content (AvgIpc) is 3.23. The number of allylic oxidation sites excluding steroid dienone is 2. The second-order valence-corrected chi connectivity index (χ2v) is 12.4. The molecule has 3 aliphatic carbocycles. The number of carbonyl (C=O) groups excluding carboxylic acids is 2. The number of hydrogen-bond acceptors (Lipinski definition) is 2. The Balaban J connectivity index is 1.51. The summed E-state index contributed by atoms with van der Waals surface area (Å²) in [6.45, 7) is 9.99. The number of anilines is 1. The van der Waals surface area contributed by atoms with Gasteiger partial charge in [0.05, 0.1) is 0 Å². The number of aryl methyl sites for hydroxylation is 2. The highest BCUT2D eigenvalue weighted by molar-refractivity contribution is 5.96. The topological polar surface area (TPSA) is 49.4 Å². The maximum absolute atomic E-state index is 14.1. The molecule has 1 heterocycles. The van der Waals surface area contributed by atoms with Crippen molar-refractivity contribution in [3.8, 4) is 0 Å². The van der Waals surface area contributed by atoms with Crippen molar-refractivity contribution in [2.45, 2.75) is 98.3 Å². The number of urea groups is 1. The lowest BCUT2D eigenvalue weighted by Crippen LogP contribution is -2.59. The van der Waals surface area contributed by atoms with E-state index in [4.69, 9.17) is 0 Å². The van der Waals surface area contributed by atoms with Crippen molar-refractivity contribution < 1.29 is 9.59 Å². The summed E-state index contributed by atoms with van der Waals surface area (Å²) < 4.78 is 0. The highest BCUT2D eigenvalue weighted by Crippen LogP contribution is 2.64. The Morgan fingerprint density at radius 2 is 1.74 bits per heavy atom. The lowest BCUT2D eigenvalue weighted by atomic mass is 9.50. The summed E-state index contributed by atoms with van der Waals surface area (Å²) in [6, 6.07) is 6.40. The van der Waals surface area contributed by atoms with Crippen molar-refractivity contribution in [2.24, 2.45) is 28.6 Å². The van der Waals surface area contributed by atoms with Crippen LogP contribution in [-0.4, -0.2) is 23.3 Å². The molecule has 35 heavy (non-hydrogen) atoms. The van der Waals surface area contributed by atoms with Crippen LogP contribution < -0.4 is 5.32 Å². The molecule has 2 amide bonds. The predicted octanol–water partition coefficient (Wildman–Crippen LogP) is 7.52. The van der Waals surface area contributed by atoms with E-state index in [9.17, 15) is 9.59 Å². The Morgan fingerprint density at radius 1 is 1.03 bits per heavy atom. The van der Waals surface area contributed by atoms with E-state index in [2.05, 4.69) is 51.2 Å². The molecule has 1 aliphatic heterocycles. The Hall–Kier alpha value is -2.10. The molecule has 0 bridgehead atoms. The molecule has 190 valence electrons. The summed E-state index contributed by atoms with van der Waals surface area (Å²) in [6.07, 6.45) is 13.8. The molecule has 3 fully saturated rings. The molecule has 4 nitrogen and oxygen atoms in total. The number of nitrogens with one attached hydrogen (secondary N) is 1. The van der Waals surface area contributed by atoms with E-state index in [1.165, 1.54) is 43.2 Å². The number of amides is 2. The van der Waals surface area contributed by atoms with Crippen LogP contribution in [-0.2, 0) is 17.6 Å². The van der Waals surface area contributed by atoms with Gasteiger partial charge >= 0.3 is 6.03 Å². The highest BCUT2D eigenvalue weighted by atomic mass is 16.2. The van der Waals surface area contributed by atoms with E-state index < -0.39 is 0 Å². The smallest absolute Gasteiger partial charge is 0.307 e. The van der Waals surface area contributed by atoms with Crippen molar-refractivity contribution >= 4 is 17.5 Å². The van der Waals surface area contributed by atoms with Crippen molar-refractivity contribution in [3.05, 3.63) is 41.1 Å². The maximum Gasteiger partial charge on any atom is 0.326 e. The van der Waals surface area contributed by atoms with Gasteiger partial charge in [-0.1, -0.05) is 65.2 Å². The molecule has 4 heteroatoms. The summed E-state index contributed by atoms with van der Waals surface area (Å²) in [5, 5.41) is 3.38. The number of piperidine rings is 1. The largest absolute Gasteiger partial charge is 0.326 e. The summed E-state index contributed by atoms with van der Waals surface area (Å²) in [4.78, 5) is 28.7. The standard InChI is InChI=1S/C31H44N2O2/c1-5-9-21-11-7-12-22(10-6-2)28(21)32-29(35)33-20-24-25-13-8-16-30(25,3)17-15-26(24)31(4)18-14-23(34)19-27(31)33/h7,11-12,19,24-26H,5-6,8-10,13-18,20H2,1-4H3,(H,32,35)/t24-,25-,26-,30-,31+/m0/s1. The molecular formula is C31H44N2O2. The van der Waals surface area contributed by atoms with Gasteiger partial charge in [-0.25, -0.2) is 4.79 Å². The lowest BCUT2D eigenvalue weighted by molar-refractivity contribution is -0.118. The molecule has 0 aromatic heterocycles. The fourth-order valence-electron chi connectivity index (χ4n) is 8.43. The van der Waals surface area contributed by atoms with Crippen LogP contribution in [0.4, 0.5) is 10.5 Å². The third-order valence-corrected chi connectivity index (χ3v) is 10.2. The zero-order valence-corrected chi connectivity index (χ0v) is 22.3. The van der Waals surface area contributed by atoms with Crippen molar-refractivity contribution in [2.75, 3.05) is 11.9 Å². The van der Waals surface area contributed by atoms with Gasteiger partial charge in [0, 0.05) is 35.8 Å². The monoisotopic (exact) mass is 476 g/mol. The third-order valence-electron chi connectivity index (χ3n) is 10.2. The lowest BCUT2D eigenvalue weighted by Gasteiger charge is -2.59. The molecule has 1 saturated heterocycles. The summed E-state index contributed by atoms with van der Waals surface area (Å²) in [5.41, 5.74) is 4.76. The third kappa shape index (κ3) is 4.15. The van der Waals surface area contributed by atoms with Crippen molar-refractivity contribution in [3.63, 3.8) is 0 Å². The molecule has 1 aromatic rings. The van der Waals surface area contributed by atoms with E-state index in [0.29, 0.717) is 29.6 Å². The first-order valence-corrected chi connectivity index (χ1v) is 14.2. The Morgan fingerprint density at radius 3 is 2.43 bits per heavy atom. The number of para-hydroxylation sites is 1. The van der Waals surface area contributed by atoms with Gasteiger partial charge in [-0.15, -0.1) is 0 Å². The van der Waals surface area contributed by atoms with E-state index in [0.717, 1.165) is 50.0 Å². The first-order chi connectivity index (χ1) is 16.8. The summed E-state index contributed by atoms with van der Waals surface area (Å²) in [5.74, 6) is 1.97. The number of fused-ring (bicyclic) bond motifs is 5. The van der Waals surface area contributed by atoms with Crippen LogP contribution in [0, 0.1) is 28.6 Å². The number of nitrogens with zero attached hydrogens (tertiary/aromatic N) is 1. The average molecular weight is 477 g/mol. The quantitative estimate of drug-likeness (QED) is 0.477. The first-order valence-electron chi connectivity index (χ1n) is 14.2. The van der Waals surface area contributed by atoms with Crippen LogP contribution in [0.15, 0.2) is 30.0 Å². The fraction of sp³-hybridized carbons (Fsp3) is 0.677. The molecule has 2 saturated carbocycles. The molecular weight excluding hydrogens is 432 g/mol. The minimum absolute atomic E-state index is 0.0400. The molecule has 0 spiro atoms. The van der Waals surface area contributed by atoms with Gasteiger partial charge in [-0.05, 0) is 79.2 Å².